The van der Waals surface area contributed by atoms with Gasteiger partial charge in [0.25, 0.3) is 5.69 Å². The van der Waals surface area contributed by atoms with E-state index < -0.39 is 10.9 Å². The van der Waals surface area contributed by atoms with Gasteiger partial charge in [-0.2, -0.15) is 0 Å². The zero-order valence-corrected chi connectivity index (χ0v) is 17.9. The number of pyridine rings is 1. The monoisotopic (exact) mass is 406 g/mol. The Kier molecular flexibility index (Phi) is 18.9. The van der Waals surface area contributed by atoms with Crippen LogP contribution in [0.4, 0.5) is 5.69 Å². The lowest BCUT2D eigenvalue weighted by Gasteiger charge is -1.99. The minimum absolute atomic E-state index is 0.0741. The van der Waals surface area contributed by atoms with E-state index in [1.807, 2.05) is 0 Å². The van der Waals surface area contributed by atoms with E-state index in [0.717, 1.165) is 12.8 Å². The van der Waals surface area contributed by atoms with E-state index in [9.17, 15) is 14.9 Å². The first-order valence-corrected chi connectivity index (χ1v) is 11.0. The molecule has 1 N–H and O–H groups in total. The van der Waals surface area contributed by atoms with Gasteiger partial charge in [0.2, 0.25) is 0 Å². The van der Waals surface area contributed by atoms with Crippen LogP contribution in [0, 0.1) is 10.1 Å². The molecule has 1 aromatic rings. The number of nitrogens with zero attached hydrogens (tertiary/aromatic N) is 2. The van der Waals surface area contributed by atoms with Crippen LogP contribution in [-0.2, 0) is 4.79 Å². The Labute approximate surface area is 175 Å². The normalized spacial score (nSPS) is 10.5. The Morgan fingerprint density at radius 3 is 1.86 bits per heavy atom. The minimum Gasteiger partial charge on any atom is -0.481 e. The summed E-state index contributed by atoms with van der Waals surface area (Å²) in [4.78, 5) is 23.5. The quantitative estimate of drug-likeness (QED) is 0.137. The van der Waals surface area contributed by atoms with Crippen molar-refractivity contribution >= 4 is 11.7 Å². The van der Waals surface area contributed by atoms with Crippen molar-refractivity contribution in [2.45, 2.75) is 96.8 Å². The number of carboxylic acid groups (broad SMARTS) is 1. The van der Waals surface area contributed by atoms with Crippen LogP contribution in [0.1, 0.15) is 96.8 Å². The molecule has 29 heavy (non-hydrogen) atoms. The second-order valence-corrected chi connectivity index (χ2v) is 7.19. The molecule has 0 spiro atoms. The maximum Gasteiger partial charge on any atom is 0.303 e. The molecule has 1 rings (SSSR count). The molecule has 1 heterocycles. The van der Waals surface area contributed by atoms with Crippen LogP contribution in [0.15, 0.2) is 36.7 Å². The van der Waals surface area contributed by atoms with Crippen molar-refractivity contribution in [1.29, 1.82) is 0 Å². The van der Waals surface area contributed by atoms with Gasteiger partial charge in [-0.3, -0.25) is 19.9 Å². The van der Waals surface area contributed by atoms with Crippen LogP contribution in [0.2, 0.25) is 0 Å². The van der Waals surface area contributed by atoms with Crippen LogP contribution in [0.5, 0.6) is 0 Å². The highest BCUT2D eigenvalue weighted by atomic mass is 16.6. The number of allylic oxidation sites excluding steroid dienone is 2. The van der Waals surface area contributed by atoms with Gasteiger partial charge in [-0.25, -0.2) is 0 Å². The first-order chi connectivity index (χ1) is 14.1. The van der Waals surface area contributed by atoms with Gasteiger partial charge in [-0.1, -0.05) is 70.4 Å². The van der Waals surface area contributed by atoms with Crippen molar-refractivity contribution in [1.82, 2.24) is 4.98 Å². The summed E-state index contributed by atoms with van der Waals surface area (Å²) < 4.78 is 0. The summed E-state index contributed by atoms with van der Waals surface area (Å²) in [6.07, 6.45) is 24.0. The third kappa shape index (κ3) is 20.3. The highest BCUT2D eigenvalue weighted by molar-refractivity contribution is 5.66. The van der Waals surface area contributed by atoms with E-state index >= 15 is 0 Å². The van der Waals surface area contributed by atoms with Crippen LogP contribution < -0.4 is 0 Å². The summed E-state index contributed by atoms with van der Waals surface area (Å²) in [7, 11) is 0. The zero-order valence-electron chi connectivity index (χ0n) is 17.9. The van der Waals surface area contributed by atoms with Crippen LogP contribution in [0.3, 0.4) is 0 Å². The summed E-state index contributed by atoms with van der Waals surface area (Å²) in [5.74, 6) is -0.664. The van der Waals surface area contributed by atoms with Gasteiger partial charge >= 0.3 is 5.97 Å². The first kappa shape index (κ1) is 26.8. The number of carboxylic acids is 1. The lowest BCUT2D eigenvalue weighted by molar-refractivity contribution is -0.384. The standard InChI is InChI=1S/C18H34O2.C5H4N2O2/c1-2-3-4-5-6-7-8-9-10-11-12-13-14-15-16-17-18(19)20;8-7(9)5-1-3-6-4-2-5/h9-10H,2-8,11-17H2,1H3,(H,19,20);1-4H/b10-9-;. The average molecular weight is 407 g/mol. The molecule has 0 radical (unpaired) electrons. The predicted octanol–water partition coefficient (Wildman–Crippen LogP) is 7.10. The van der Waals surface area contributed by atoms with Gasteiger partial charge < -0.3 is 5.11 Å². The Hall–Kier alpha value is -2.24. The van der Waals surface area contributed by atoms with Gasteiger partial charge in [0.05, 0.1) is 4.92 Å². The molecular weight excluding hydrogens is 368 g/mol. The molecule has 0 aliphatic carbocycles. The molecule has 0 aromatic carbocycles. The Morgan fingerprint density at radius 1 is 0.931 bits per heavy atom. The highest BCUT2D eigenvalue weighted by Crippen LogP contribution is 2.10. The number of hydrogen-bond acceptors (Lipinski definition) is 4. The Morgan fingerprint density at radius 2 is 1.41 bits per heavy atom. The number of nitro groups is 1. The van der Waals surface area contributed by atoms with Crippen LogP contribution >= 0.6 is 0 Å². The SMILES string of the molecule is CCCCCCCC/C=C\CCCCCCCC(=O)O.O=[N+]([O-])c1ccncc1. The summed E-state index contributed by atoms with van der Waals surface area (Å²) in [6.45, 7) is 2.26. The fourth-order valence-electron chi connectivity index (χ4n) is 2.81. The molecule has 0 bridgehead atoms. The van der Waals surface area contributed by atoms with Crippen LogP contribution in [0.25, 0.3) is 0 Å². The van der Waals surface area contributed by atoms with Crippen LogP contribution in [-0.4, -0.2) is 21.0 Å². The lowest BCUT2D eigenvalue weighted by atomic mass is 10.1. The van der Waals surface area contributed by atoms with Gasteiger partial charge in [0.1, 0.15) is 0 Å². The summed E-state index contributed by atoms with van der Waals surface area (Å²) in [5.41, 5.74) is 0.0741. The number of hydrogen-bond donors (Lipinski definition) is 1. The molecule has 0 saturated heterocycles. The third-order valence-electron chi connectivity index (χ3n) is 4.53. The molecular formula is C23H38N2O4. The van der Waals surface area contributed by atoms with Crippen molar-refractivity contribution in [2.75, 3.05) is 0 Å². The van der Waals surface area contributed by atoms with Gasteiger partial charge in [-0.05, 0) is 32.1 Å². The Balaban J connectivity index is 0.000000717. The minimum atomic E-state index is -0.664. The van der Waals surface area contributed by atoms with E-state index in [4.69, 9.17) is 5.11 Å². The fraction of sp³-hybridized carbons (Fsp3) is 0.652. The summed E-state index contributed by atoms with van der Waals surface area (Å²) >= 11 is 0. The molecule has 0 atom stereocenters. The largest absolute Gasteiger partial charge is 0.481 e. The number of unbranched alkanes of at least 4 members (excludes halogenated alkanes) is 11. The predicted molar refractivity (Wildman–Crippen MR) is 118 cm³/mol. The summed E-state index contributed by atoms with van der Waals surface area (Å²) in [5, 5.41) is 18.5. The van der Waals surface area contributed by atoms with Crippen molar-refractivity contribution in [2.24, 2.45) is 0 Å². The first-order valence-electron chi connectivity index (χ1n) is 11.0. The summed E-state index contributed by atoms with van der Waals surface area (Å²) in [6, 6.07) is 2.69. The molecule has 164 valence electrons. The van der Waals surface area contributed by atoms with E-state index in [1.165, 1.54) is 95.2 Å². The zero-order chi connectivity index (χ0) is 21.6. The van der Waals surface area contributed by atoms with E-state index in [1.54, 1.807) is 0 Å². The smallest absolute Gasteiger partial charge is 0.303 e. The van der Waals surface area contributed by atoms with E-state index in [-0.39, 0.29) is 5.69 Å². The maximum atomic E-state index is 10.3. The topological polar surface area (TPSA) is 93.3 Å². The van der Waals surface area contributed by atoms with Crippen molar-refractivity contribution in [3.05, 3.63) is 46.8 Å². The number of aliphatic carboxylic acids is 1. The van der Waals surface area contributed by atoms with E-state index in [2.05, 4.69) is 24.1 Å². The van der Waals surface area contributed by atoms with Gasteiger partial charge in [0, 0.05) is 30.9 Å². The molecule has 0 amide bonds. The molecule has 6 heteroatoms. The number of carbonyl (C=O) groups is 1. The lowest BCUT2D eigenvalue weighted by Crippen LogP contribution is -1.93. The number of rotatable bonds is 16. The van der Waals surface area contributed by atoms with Gasteiger partial charge in [0.15, 0.2) is 0 Å². The van der Waals surface area contributed by atoms with Gasteiger partial charge in [-0.15, -0.1) is 0 Å². The molecule has 6 nitrogen and oxygen atoms in total. The van der Waals surface area contributed by atoms with Crippen molar-refractivity contribution in [3.8, 4) is 0 Å². The van der Waals surface area contributed by atoms with E-state index in [0.29, 0.717) is 6.42 Å². The molecule has 0 aliphatic rings. The average Bonchev–Trinajstić information content (AvgIpc) is 2.72. The Bertz CT molecular complexity index is 547. The molecule has 1 aromatic heterocycles. The second-order valence-electron chi connectivity index (χ2n) is 7.19. The van der Waals surface area contributed by atoms with Crippen molar-refractivity contribution in [3.63, 3.8) is 0 Å². The fourth-order valence-corrected chi connectivity index (χ4v) is 2.81. The number of aromatic nitrogens is 1. The molecule has 0 fully saturated rings. The highest BCUT2D eigenvalue weighted by Gasteiger charge is 1.99. The maximum absolute atomic E-state index is 10.3. The molecule has 0 saturated carbocycles. The third-order valence-corrected chi connectivity index (χ3v) is 4.53. The second kappa shape index (κ2) is 20.5. The molecule has 0 aliphatic heterocycles. The van der Waals surface area contributed by atoms with Crippen molar-refractivity contribution < 1.29 is 14.8 Å². The molecule has 0 unspecified atom stereocenters.